The minimum atomic E-state index is -0.581. The van der Waals surface area contributed by atoms with Crippen LogP contribution in [0.5, 0.6) is 5.75 Å². The van der Waals surface area contributed by atoms with Crippen LogP contribution in [0.25, 0.3) is 0 Å². The van der Waals surface area contributed by atoms with E-state index in [2.05, 4.69) is 0 Å². The van der Waals surface area contributed by atoms with E-state index in [4.69, 9.17) is 19.3 Å². The number of rotatable bonds is 9. The molecule has 1 rings (SSSR count). The fourth-order valence-corrected chi connectivity index (χ4v) is 1.60. The van der Waals surface area contributed by atoms with Crippen molar-refractivity contribution in [1.82, 2.24) is 0 Å². The molecule has 0 fully saturated rings. The van der Waals surface area contributed by atoms with Gasteiger partial charge in [0, 0.05) is 19.3 Å². The Bertz CT molecular complexity index is 431. The Morgan fingerprint density at radius 1 is 1.30 bits per heavy atom. The van der Waals surface area contributed by atoms with Crippen molar-refractivity contribution >= 4 is 5.69 Å². The van der Waals surface area contributed by atoms with E-state index in [-0.39, 0.29) is 24.7 Å². The number of nitro benzene ring substituents is 1. The zero-order valence-electron chi connectivity index (χ0n) is 11.6. The molecule has 0 aliphatic rings. The molecule has 0 saturated heterocycles. The highest BCUT2D eigenvalue weighted by Crippen LogP contribution is 2.28. The normalized spacial score (nSPS) is 10.8. The first-order valence-electron chi connectivity index (χ1n) is 6.36. The van der Waals surface area contributed by atoms with E-state index in [0.717, 1.165) is 0 Å². The molecule has 20 heavy (non-hydrogen) atoms. The predicted molar refractivity (Wildman–Crippen MR) is 71.6 cm³/mol. The summed E-state index contributed by atoms with van der Waals surface area (Å²) in [6.45, 7) is 4.37. The van der Waals surface area contributed by atoms with Crippen LogP contribution in [0.3, 0.4) is 0 Å². The first kappa shape index (κ1) is 16.4. The average Bonchev–Trinajstić information content (AvgIpc) is 2.44. The van der Waals surface area contributed by atoms with Crippen LogP contribution in [0, 0.1) is 10.1 Å². The third-order valence-electron chi connectivity index (χ3n) is 2.48. The van der Waals surface area contributed by atoms with E-state index in [1.807, 2.05) is 13.8 Å². The van der Waals surface area contributed by atoms with Crippen LogP contribution in [0.15, 0.2) is 18.2 Å². The van der Waals surface area contributed by atoms with Crippen LogP contribution >= 0.6 is 0 Å². The van der Waals surface area contributed by atoms with E-state index in [0.29, 0.717) is 18.8 Å². The van der Waals surface area contributed by atoms with E-state index in [9.17, 15) is 10.1 Å². The second kappa shape index (κ2) is 8.47. The number of nitro groups is 1. The second-order valence-corrected chi connectivity index (χ2v) is 3.87. The van der Waals surface area contributed by atoms with Gasteiger partial charge in [-0.15, -0.1) is 0 Å². The lowest BCUT2D eigenvalue weighted by atomic mass is 10.2. The van der Waals surface area contributed by atoms with Gasteiger partial charge in [0.25, 0.3) is 0 Å². The summed E-state index contributed by atoms with van der Waals surface area (Å²) in [5, 5.41) is 20.0. The molecule has 0 amide bonds. The largest absolute Gasteiger partial charge is 0.481 e. The molecule has 0 saturated carbocycles. The summed E-state index contributed by atoms with van der Waals surface area (Å²) < 4.78 is 16.0. The van der Waals surface area contributed by atoms with Gasteiger partial charge in [-0.2, -0.15) is 0 Å². The Balaban J connectivity index is 2.80. The van der Waals surface area contributed by atoms with Crippen LogP contribution in [0.1, 0.15) is 19.4 Å². The monoisotopic (exact) mass is 285 g/mol. The van der Waals surface area contributed by atoms with Crippen molar-refractivity contribution in [3.05, 3.63) is 33.9 Å². The van der Waals surface area contributed by atoms with Gasteiger partial charge < -0.3 is 19.3 Å². The van der Waals surface area contributed by atoms with Crippen molar-refractivity contribution in [1.29, 1.82) is 0 Å². The summed E-state index contributed by atoms with van der Waals surface area (Å²) in [6.07, 6.45) is -0.581. The summed E-state index contributed by atoms with van der Waals surface area (Å²) >= 11 is 0. The molecule has 0 bridgehead atoms. The molecular weight excluding hydrogens is 266 g/mol. The van der Waals surface area contributed by atoms with Gasteiger partial charge in [0.2, 0.25) is 0 Å². The highest BCUT2D eigenvalue weighted by molar-refractivity contribution is 5.48. The molecule has 0 radical (unpaired) electrons. The highest BCUT2D eigenvalue weighted by atomic mass is 16.7. The molecular formula is C13H19NO6. The Labute approximate surface area is 117 Å². The summed E-state index contributed by atoms with van der Waals surface area (Å²) in [7, 11) is 0. The maximum absolute atomic E-state index is 10.9. The second-order valence-electron chi connectivity index (χ2n) is 3.87. The van der Waals surface area contributed by atoms with Gasteiger partial charge in [0.05, 0.1) is 11.5 Å². The van der Waals surface area contributed by atoms with Crippen LogP contribution in [0.4, 0.5) is 5.69 Å². The molecule has 0 atom stereocenters. The van der Waals surface area contributed by atoms with Crippen LogP contribution in [0.2, 0.25) is 0 Å². The molecule has 7 heteroatoms. The number of aliphatic hydroxyl groups is 1. The van der Waals surface area contributed by atoms with Crippen LogP contribution < -0.4 is 4.74 Å². The minimum absolute atomic E-state index is 0.0391. The Hall–Kier alpha value is -1.70. The summed E-state index contributed by atoms with van der Waals surface area (Å²) in [5.41, 5.74) is 0.379. The standard InChI is InChI=1S/C13H19NO6/c1-3-18-13(19-4-2)9-20-12-7-10(8-15)5-6-11(12)14(16)17/h5-7,13,15H,3-4,8-9H2,1-2H3. The maximum atomic E-state index is 10.9. The lowest BCUT2D eigenvalue weighted by Crippen LogP contribution is -2.25. The zero-order chi connectivity index (χ0) is 15.0. The Morgan fingerprint density at radius 3 is 2.45 bits per heavy atom. The van der Waals surface area contributed by atoms with Crippen molar-refractivity contribution in [3.63, 3.8) is 0 Å². The van der Waals surface area contributed by atoms with Crippen LogP contribution in [-0.4, -0.2) is 36.1 Å². The van der Waals surface area contributed by atoms with Crippen LogP contribution in [-0.2, 0) is 16.1 Å². The van der Waals surface area contributed by atoms with E-state index in [1.54, 1.807) is 0 Å². The lowest BCUT2D eigenvalue weighted by molar-refractivity contribution is -0.386. The van der Waals surface area contributed by atoms with Gasteiger partial charge in [-0.3, -0.25) is 10.1 Å². The molecule has 0 unspecified atom stereocenters. The Morgan fingerprint density at radius 2 is 1.95 bits per heavy atom. The lowest BCUT2D eigenvalue weighted by Gasteiger charge is -2.17. The van der Waals surface area contributed by atoms with E-state index >= 15 is 0 Å². The number of aliphatic hydroxyl groups excluding tert-OH is 1. The first-order chi connectivity index (χ1) is 9.62. The topological polar surface area (TPSA) is 91.1 Å². The van der Waals surface area contributed by atoms with Gasteiger partial charge in [0.15, 0.2) is 12.0 Å². The fourth-order valence-electron chi connectivity index (χ4n) is 1.60. The van der Waals surface area contributed by atoms with Gasteiger partial charge in [0.1, 0.15) is 6.61 Å². The van der Waals surface area contributed by atoms with Crippen molar-refractivity contribution in [2.45, 2.75) is 26.7 Å². The zero-order valence-corrected chi connectivity index (χ0v) is 11.6. The van der Waals surface area contributed by atoms with Gasteiger partial charge in [-0.05, 0) is 31.5 Å². The molecule has 1 aromatic rings. The molecule has 1 N–H and O–H groups in total. The summed E-state index contributed by atoms with van der Waals surface area (Å²) in [4.78, 5) is 10.4. The molecule has 0 heterocycles. The molecule has 112 valence electrons. The molecule has 0 aromatic heterocycles. The molecule has 7 nitrogen and oxygen atoms in total. The first-order valence-corrected chi connectivity index (χ1v) is 6.36. The van der Waals surface area contributed by atoms with Crippen molar-refractivity contribution in [3.8, 4) is 5.75 Å². The van der Waals surface area contributed by atoms with Crippen molar-refractivity contribution in [2.24, 2.45) is 0 Å². The molecule has 1 aromatic carbocycles. The van der Waals surface area contributed by atoms with Gasteiger partial charge in [-0.1, -0.05) is 0 Å². The average molecular weight is 285 g/mol. The van der Waals surface area contributed by atoms with E-state index < -0.39 is 11.2 Å². The smallest absolute Gasteiger partial charge is 0.310 e. The number of hydrogen-bond acceptors (Lipinski definition) is 6. The van der Waals surface area contributed by atoms with Crippen molar-refractivity contribution < 1.29 is 24.2 Å². The SMILES string of the molecule is CCOC(COc1cc(CO)ccc1[N+](=O)[O-])OCC. The summed E-state index contributed by atoms with van der Waals surface area (Å²) in [5.74, 6) is 0.0888. The number of ether oxygens (including phenoxy) is 3. The minimum Gasteiger partial charge on any atom is -0.481 e. The van der Waals surface area contributed by atoms with Gasteiger partial charge in [-0.25, -0.2) is 0 Å². The van der Waals surface area contributed by atoms with Crippen molar-refractivity contribution in [2.75, 3.05) is 19.8 Å². The summed E-state index contributed by atoms with van der Waals surface area (Å²) in [6, 6.07) is 4.22. The number of hydrogen-bond donors (Lipinski definition) is 1. The fraction of sp³-hybridized carbons (Fsp3) is 0.538. The quantitative estimate of drug-likeness (QED) is 0.423. The predicted octanol–water partition coefficient (Wildman–Crippen LogP) is 1.86. The molecule has 0 aliphatic carbocycles. The third kappa shape index (κ3) is 4.76. The third-order valence-corrected chi connectivity index (χ3v) is 2.48. The molecule has 0 spiro atoms. The highest BCUT2D eigenvalue weighted by Gasteiger charge is 2.18. The number of nitrogens with zero attached hydrogens (tertiary/aromatic N) is 1. The maximum Gasteiger partial charge on any atom is 0.310 e. The number of benzene rings is 1. The van der Waals surface area contributed by atoms with Gasteiger partial charge >= 0.3 is 5.69 Å². The Kier molecular flexibility index (Phi) is 6.92. The van der Waals surface area contributed by atoms with E-state index in [1.165, 1.54) is 18.2 Å². The molecule has 0 aliphatic heterocycles.